The van der Waals surface area contributed by atoms with E-state index in [1.165, 1.54) is 6.07 Å². The Hall–Kier alpha value is -1.23. The normalized spacial score (nSPS) is 21.1. The first kappa shape index (κ1) is 11.3. The van der Waals surface area contributed by atoms with Crippen molar-refractivity contribution >= 4 is 5.69 Å². The van der Waals surface area contributed by atoms with Gasteiger partial charge in [0.25, 0.3) is 0 Å². The number of anilines is 1. The van der Waals surface area contributed by atoms with E-state index in [-0.39, 0.29) is 6.23 Å². The highest BCUT2D eigenvalue weighted by molar-refractivity contribution is 5.46. The molecule has 0 amide bonds. The Balaban J connectivity index is 2.09. The number of nitrogens with one attached hydrogen (secondary N) is 1. The van der Waals surface area contributed by atoms with Gasteiger partial charge in [0.05, 0.1) is 5.56 Å². The highest BCUT2D eigenvalue weighted by atomic mass is 19.4. The molecule has 5 heteroatoms. The van der Waals surface area contributed by atoms with Gasteiger partial charge in [-0.15, -0.1) is 0 Å². The first-order valence-electron chi connectivity index (χ1n) is 5.11. The van der Waals surface area contributed by atoms with Crippen LogP contribution in [-0.2, 0) is 10.9 Å². The minimum absolute atomic E-state index is 0.163. The van der Waals surface area contributed by atoms with Crippen LogP contribution in [0, 0.1) is 0 Å². The summed E-state index contributed by atoms with van der Waals surface area (Å²) >= 11 is 0. The molecule has 1 aliphatic heterocycles. The van der Waals surface area contributed by atoms with Gasteiger partial charge in [0, 0.05) is 12.3 Å². The number of ether oxygens (including phenoxy) is 1. The van der Waals surface area contributed by atoms with Crippen LogP contribution < -0.4 is 5.32 Å². The molecule has 1 aromatic rings. The molecule has 1 fully saturated rings. The van der Waals surface area contributed by atoms with Gasteiger partial charge >= 0.3 is 6.18 Å². The summed E-state index contributed by atoms with van der Waals surface area (Å²) in [6, 6.07) is 5.15. The summed E-state index contributed by atoms with van der Waals surface area (Å²) in [5.41, 5.74) is -0.197. The van der Waals surface area contributed by atoms with Gasteiger partial charge in [-0.25, -0.2) is 0 Å². The molecule has 0 aliphatic carbocycles. The van der Waals surface area contributed by atoms with Crippen LogP contribution in [0.2, 0.25) is 0 Å². The molecule has 0 saturated carbocycles. The molecule has 88 valence electrons. The lowest BCUT2D eigenvalue weighted by Gasteiger charge is -2.14. The van der Waals surface area contributed by atoms with Gasteiger partial charge in [0.1, 0.15) is 6.23 Å². The Bertz CT molecular complexity index is 358. The monoisotopic (exact) mass is 231 g/mol. The quantitative estimate of drug-likeness (QED) is 0.843. The summed E-state index contributed by atoms with van der Waals surface area (Å²) in [7, 11) is 0. The molecule has 1 heterocycles. The molecule has 1 atom stereocenters. The van der Waals surface area contributed by atoms with Crippen molar-refractivity contribution < 1.29 is 17.9 Å². The van der Waals surface area contributed by atoms with E-state index >= 15 is 0 Å². The molecule has 16 heavy (non-hydrogen) atoms. The Labute approximate surface area is 91.4 Å². The zero-order valence-corrected chi connectivity index (χ0v) is 8.55. The maximum atomic E-state index is 12.4. The highest BCUT2D eigenvalue weighted by Crippen LogP contribution is 2.31. The largest absolute Gasteiger partial charge is 0.416 e. The minimum atomic E-state index is -4.30. The van der Waals surface area contributed by atoms with Crippen LogP contribution in [0.5, 0.6) is 0 Å². The van der Waals surface area contributed by atoms with Gasteiger partial charge in [-0.1, -0.05) is 6.07 Å². The van der Waals surface area contributed by atoms with Crippen molar-refractivity contribution in [1.29, 1.82) is 0 Å². The third kappa shape index (κ3) is 2.66. The van der Waals surface area contributed by atoms with E-state index in [4.69, 9.17) is 4.74 Å². The number of halogens is 3. The Morgan fingerprint density at radius 2 is 2.12 bits per heavy atom. The van der Waals surface area contributed by atoms with E-state index in [2.05, 4.69) is 5.32 Å². The molecule has 1 saturated heterocycles. The van der Waals surface area contributed by atoms with Crippen molar-refractivity contribution in [3.05, 3.63) is 29.8 Å². The molecule has 2 rings (SSSR count). The molecule has 1 aromatic carbocycles. The summed E-state index contributed by atoms with van der Waals surface area (Å²) in [4.78, 5) is 0. The SMILES string of the molecule is FC(F)(F)c1cccc(NC2CCCO2)c1. The minimum Gasteiger partial charge on any atom is -0.360 e. The average Bonchev–Trinajstić information content (AvgIpc) is 2.70. The maximum absolute atomic E-state index is 12.4. The third-order valence-corrected chi connectivity index (χ3v) is 2.45. The van der Waals surface area contributed by atoms with Crippen LogP contribution in [0.15, 0.2) is 24.3 Å². The second-order valence-electron chi connectivity index (χ2n) is 3.72. The van der Waals surface area contributed by atoms with Crippen LogP contribution in [0.4, 0.5) is 18.9 Å². The molecule has 0 bridgehead atoms. The van der Waals surface area contributed by atoms with E-state index in [0.717, 1.165) is 25.0 Å². The van der Waals surface area contributed by atoms with E-state index < -0.39 is 11.7 Å². The summed E-state index contributed by atoms with van der Waals surface area (Å²) < 4.78 is 42.6. The van der Waals surface area contributed by atoms with E-state index in [9.17, 15) is 13.2 Å². The fourth-order valence-electron chi connectivity index (χ4n) is 1.66. The summed E-state index contributed by atoms with van der Waals surface area (Å²) in [6.07, 6.45) is -2.69. The molecule has 1 aliphatic rings. The Morgan fingerprint density at radius 1 is 1.31 bits per heavy atom. The lowest BCUT2D eigenvalue weighted by Crippen LogP contribution is -2.17. The molecule has 0 radical (unpaired) electrons. The highest BCUT2D eigenvalue weighted by Gasteiger charge is 2.30. The predicted molar refractivity (Wildman–Crippen MR) is 54.0 cm³/mol. The third-order valence-electron chi connectivity index (χ3n) is 2.45. The van der Waals surface area contributed by atoms with E-state index in [1.807, 2.05) is 0 Å². The lowest BCUT2D eigenvalue weighted by molar-refractivity contribution is -0.137. The summed E-state index contributed by atoms with van der Waals surface area (Å²) in [6.45, 7) is 0.663. The van der Waals surface area contributed by atoms with Crippen LogP contribution in [0.1, 0.15) is 18.4 Å². The topological polar surface area (TPSA) is 21.3 Å². The van der Waals surface area contributed by atoms with Crippen molar-refractivity contribution in [3.8, 4) is 0 Å². The number of rotatable bonds is 2. The maximum Gasteiger partial charge on any atom is 0.416 e. The standard InChI is InChI=1S/C11H12F3NO/c12-11(13,14)8-3-1-4-9(7-8)15-10-5-2-6-16-10/h1,3-4,7,10,15H,2,5-6H2. The number of hydrogen-bond acceptors (Lipinski definition) is 2. The first-order valence-corrected chi connectivity index (χ1v) is 5.11. The number of alkyl halides is 3. The first-order chi connectivity index (χ1) is 7.55. The smallest absolute Gasteiger partial charge is 0.360 e. The summed E-state index contributed by atoms with van der Waals surface area (Å²) in [5, 5.41) is 2.93. The second kappa shape index (κ2) is 4.33. The van der Waals surface area contributed by atoms with Gasteiger partial charge in [-0.2, -0.15) is 13.2 Å². The van der Waals surface area contributed by atoms with Crippen LogP contribution in [-0.4, -0.2) is 12.8 Å². The molecular formula is C11H12F3NO. The zero-order chi connectivity index (χ0) is 11.6. The van der Waals surface area contributed by atoms with Crippen LogP contribution in [0.3, 0.4) is 0 Å². The van der Waals surface area contributed by atoms with Crippen molar-refractivity contribution in [3.63, 3.8) is 0 Å². The lowest BCUT2D eigenvalue weighted by atomic mass is 10.2. The van der Waals surface area contributed by atoms with Crippen molar-refractivity contribution in [1.82, 2.24) is 0 Å². The number of hydrogen-bond donors (Lipinski definition) is 1. The van der Waals surface area contributed by atoms with Crippen molar-refractivity contribution in [2.45, 2.75) is 25.2 Å². The van der Waals surface area contributed by atoms with E-state index in [0.29, 0.717) is 12.3 Å². The molecular weight excluding hydrogens is 219 g/mol. The van der Waals surface area contributed by atoms with Crippen molar-refractivity contribution in [2.75, 3.05) is 11.9 Å². The Kier molecular flexibility index (Phi) is 3.05. The average molecular weight is 231 g/mol. The molecule has 0 spiro atoms. The Morgan fingerprint density at radius 3 is 2.75 bits per heavy atom. The fourth-order valence-corrected chi connectivity index (χ4v) is 1.66. The predicted octanol–water partition coefficient (Wildman–Crippen LogP) is 3.25. The molecule has 2 nitrogen and oxygen atoms in total. The van der Waals surface area contributed by atoms with Crippen LogP contribution in [0.25, 0.3) is 0 Å². The zero-order valence-electron chi connectivity index (χ0n) is 8.55. The van der Waals surface area contributed by atoms with E-state index in [1.54, 1.807) is 6.07 Å². The molecule has 1 N–H and O–H groups in total. The molecule has 0 aromatic heterocycles. The van der Waals surface area contributed by atoms with Gasteiger partial charge in [0.2, 0.25) is 0 Å². The van der Waals surface area contributed by atoms with Gasteiger partial charge in [-0.3, -0.25) is 0 Å². The van der Waals surface area contributed by atoms with Gasteiger partial charge in [-0.05, 0) is 31.0 Å². The van der Waals surface area contributed by atoms with Crippen molar-refractivity contribution in [2.24, 2.45) is 0 Å². The van der Waals surface area contributed by atoms with Gasteiger partial charge in [0.15, 0.2) is 0 Å². The second-order valence-corrected chi connectivity index (χ2v) is 3.72. The fraction of sp³-hybridized carbons (Fsp3) is 0.455. The van der Waals surface area contributed by atoms with Crippen LogP contribution >= 0.6 is 0 Å². The molecule has 1 unspecified atom stereocenters. The summed E-state index contributed by atoms with van der Waals surface area (Å²) in [5.74, 6) is 0. The van der Waals surface area contributed by atoms with Gasteiger partial charge < -0.3 is 10.1 Å². The number of benzene rings is 1.